The predicted molar refractivity (Wildman–Crippen MR) is 104 cm³/mol. The van der Waals surface area contributed by atoms with Gasteiger partial charge in [0.15, 0.2) is 9.84 Å². The van der Waals surface area contributed by atoms with Gasteiger partial charge in [0.2, 0.25) is 10.0 Å². The van der Waals surface area contributed by atoms with Crippen molar-refractivity contribution in [2.45, 2.75) is 16.6 Å². The third kappa shape index (κ3) is 4.82. The Kier molecular flexibility index (Phi) is 6.10. The van der Waals surface area contributed by atoms with E-state index in [4.69, 9.17) is 16.3 Å². The Bertz CT molecular complexity index is 976. The van der Waals surface area contributed by atoms with E-state index in [2.05, 4.69) is 0 Å². The highest BCUT2D eigenvalue weighted by molar-refractivity contribution is 7.92. The largest absolute Gasteiger partial charge is 0.492 e. The van der Waals surface area contributed by atoms with Gasteiger partial charge in [0.05, 0.1) is 15.9 Å². The molecule has 1 atom stereocenters. The number of benzene rings is 2. The fourth-order valence-electron chi connectivity index (χ4n) is 2.93. The average molecular weight is 430 g/mol. The van der Waals surface area contributed by atoms with E-state index >= 15 is 0 Å². The number of sulfonamides is 1. The second kappa shape index (κ2) is 8.18. The van der Waals surface area contributed by atoms with Crippen molar-refractivity contribution in [3.05, 3.63) is 59.6 Å². The molecule has 2 aromatic rings. The van der Waals surface area contributed by atoms with Gasteiger partial charge in [0, 0.05) is 18.1 Å². The van der Waals surface area contributed by atoms with Crippen LogP contribution in [0.3, 0.4) is 0 Å². The molecule has 0 aliphatic carbocycles. The van der Waals surface area contributed by atoms with E-state index < -0.39 is 25.1 Å². The summed E-state index contributed by atoms with van der Waals surface area (Å²) < 4.78 is 57.2. The molecule has 1 aliphatic rings. The van der Waals surface area contributed by atoms with Crippen LogP contribution in [-0.2, 0) is 19.9 Å². The van der Waals surface area contributed by atoms with E-state index in [1.165, 1.54) is 28.6 Å². The third-order valence-electron chi connectivity index (χ3n) is 4.44. The summed E-state index contributed by atoms with van der Waals surface area (Å²) in [6, 6.07) is 14.9. The quantitative estimate of drug-likeness (QED) is 0.675. The van der Waals surface area contributed by atoms with E-state index in [0.29, 0.717) is 10.8 Å². The lowest BCUT2D eigenvalue weighted by Crippen LogP contribution is -2.35. The molecule has 9 heteroatoms. The molecule has 1 fully saturated rings. The number of halogens is 1. The van der Waals surface area contributed by atoms with E-state index in [1.54, 1.807) is 24.3 Å². The molecular formula is C18H20ClNO5S2. The number of rotatable bonds is 7. The number of hydrogen-bond acceptors (Lipinski definition) is 5. The summed E-state index contributed by atoms with van der Waals surface area (Å²) in [5, 5.41) is -0.313. The van der Waals surface area contributed by atoms with Crippen molar-refractivity contribution in [2.24, 2.45) is 0 Å². The van der Waals surface area contributed by atoms with Gasteiger partial charge < -0.3 is 4.74 Å². The molecule has 0 radical (unpaired) electrons. The van der Waals surface area contributed by atoms with Gasteiger partial charge in [-0.1, -0.05) is 29.8 Å². The van der Waals surface area contributed by atoms with Gasteiger partial charge in [-0.25, -0.2) is 21.1 Å². The zero-order valence-electron chi connectivity index (χ0n) is 14.5. The van der Waals surface area contributed by atoms with Gasteiger partial charge in [-0.3, -0.25) is 0 Å². The fourth-order valence-corrected chi connectivity index (χ4v) is 6.19. The molecule has 2 aromatic carbocycles. The predicted octanol–water partition coefficient (Wildman–Crippen LogP) is 2.60. The molecule has 1 saturated heterocycles. The molecule has 0 spiro atoms. The minimum absolute atomic E-state index is 0.0114. The van der Waals surface area contributed by atoms with E-state index in [9.17, 15) is 16.8 Å². The number of ether oxygens (including phenoxy) is 1. The standard InChI is InChI=1S/C18H20ClNO5S2/c19-15-6-8-17(9-7-15)27(23,24)18-10-11-20(14-18)26(21,22)13-12-25-16-4-2-1-3-5-16/h1-9,18H,10-14H2. The first-order valence-corrected chi connectivity index (χ1v) is 12.0. The molecule has 0 amide bonds. The summed E-state index contributed by atoms with van der Waals surface area (Å²) in [4.78, 5) is 0.156. The molecule has 0 saturated carbocycles. The van der Waals surface area contributed by atoms with Crippen LogP contribution in [0.25, 0.3) is 0 Å². The van der Waals surface area contributed by atoms with Gasteiger partial charge in [0.1, 0.15) is 12.4 Å². The van der Waals surface area contributed by atoms with Gasteiger partial charge in [-0.05, 0) is 42.8 Å². The van der Waals surface area contributed by atoms with Crippen molar-refractivity contribution in [3.63, 3.8) is 0 Å². The molecule has 3 rings (SSSR count). The monoisotopic (exact) mass is 429 g/mol. The van der Waals surface area contributed by atoms with Crippen molar-refractivity contribution in [1.82, 2.24) is 4.31 Å². The Balaban J connectivity index is 1.61. The zero-order valence-corrected chi connectivity index (χ0v) is 16.9. The van der Waals surface area contributed by atoms with E-state index in [0.717, 1.165) is 0 Å². The maximum absolute atomic E-state index is 12.7. The number of hydrogen-bond donors (Lipinski definition) is 0. The second-order valence-electron chi connectivity index (χ2n) is 6.25. The van der Waals surface area contributed by atoms with Crippen LogP contribution in [0.15, 0.2) is 59.5 Å². The topological polar surface area (TPSA) is 80.8 Å². The van der Waals surface area contributed by atoms with Crippen LogP contribution in [0.5, 0.6) is 5.75 Å². The Hall–Kier alpha value is -1.61. The highest BCUT2D eigenvalue weighted by Gasteiger charge is 2.38. The van der Waals surface area contributed by atoms with Crippen LogP contribution >= 0.6 is 11.6 Å². The maximum Gasteiger partial charge on any atom is 0.217 e. The lowest BCUT2D eigenvalue weighted by molar-refractivity contribution is 0.337. The number of sulfone groups is 1. The zero-order chi connectivity index (χ0) is 19.5. The second-order valence-corrected chi connectivity index (χ2v) is 11.0. The van der Waals surface area contributed by atoms with Crippen molar-refractivity contribution < 1.29 is 21.6 Å². The first-order valence-electron chi connectivity index (χ1n) is 8.44. The Labute approximate surface area is 164 Å². The van der Waals surface area contributed by atoms with Crippen LogP contribution in [0.1, 0.15) is 6.42 Å². The van der Waals surface area contributed by atoms with Gasteiger partial charge in [0.25, 0.3) is 0 Å². The fraction of sp³-hybridized carbons (Fsp3) is 0.333. The summed E-state index contributed by atoms with van der Waals surface area (Å²) in [6.45, 7) is 0.154. The lowest BCUT2D eigenvalue weighted by atomic mass is 10.3. The summed E-state index contributed by atoms with van der Waals surface area (Å²) in [5.41, 5.74) is 0. The van der Waals surface area contributed by atoms with Crippen molar-refractivity contribution in [2.75, 3.05) is 25.4 Å². The van der Waals surface area contributed by atoms with Crippen LogP contribution in [-0.4, -0.2) is 51.8 Å². The molecule has 1 aliphatic heterocycles. The van der Waals surface area contributed by atoms with Crippen LogP contribution in [0, 0.1) is 0 Å². The number of nitrogens with zero attached hydrogens (tertiary/aromatic N) is 1. The summed E-state index contributed by atoms with van der Waals surface area (Å²) >= 11 is 5.80. The SMILES string of the molecule is O=S(=O)(c1ccc(Cl)cc1)C1CCN(S(=O)(=O)CCOc2ccccc2)C1. The Morgan fingerprint density at radius 3 is 2.33 bits per heavy atom. The third-order valence-corrected chi connectivity index (χ3v) is 8.68. The minimum Gasteiger partial charge on any atom is -0.492 e. The van der Waals surface area contributed by atoms with Crippen LogP contribution in [0.2, 0.25) is 5.02 Å². The van der Waals surface area contributed by atoms with E-state index in [-0.39, 0.29) is 36.8 Å². The Morgan fingerprint density at radius 2 is 1.67 bits per heavy atom. The molecule has 1 unspecified atom stereocenters. The molecule has 0 aromatic heterocycles. The summed E-state index contributed by atoms with van der Waals surface area (Å²) in [6.07, 6.45) is 0.268. The first-order chi connectivity index (χ1) is 12.8. The molecule has 6 nitrogen and oxygen atoms in total. The maximum atomic E-state index is 12.7. The molecule has 0 bridgehead atoms. The summed E-state index contributed by atoms with van der Waals surface area (Å²) in [5.74, 6) is 0.396. The Morgan fingerprint density at radius 1 is 1.00 bits per heavy atom. The molecule has 27 heavy (non-hydrogen) atoms. The van der Waals surface area contributed by atoms with Crippen molar-refractivity contribution in [3.8, 4) is 5.75 Å². The van der Waals surface area contributed by atoms with Gasteiger partial charge in [-0.15, -0.1) is 0 Å². The molecule has 0 N–H and O–H groups in total. The molecule has 146 valence electrons. The highest BCUT2D eigenvalue weighted by Crippen LogP contribution is 2.26. The van der Waals surface area contributed by atoms with Crippen molar-refractivity contribution >= 4 is 31.5 Å². The molecule has 1 heterocycles. The normalized spacial score (nSPS) is 18.5. The van der Waals surface area contributed by atoms with E-state index in [1.807, 2.05) is 6.07 Å². The highest BCUT2D eigenvalue weighted by atomic mass is 35.5. The minimum atomic E-state index is -3.61. The lowest BCUT2D eigenvalue weighted by Gasteiger charge is -2.17. The summed E-state index contributed by atoms with van der Waals surface area (Å²) in [7, 11) is -7.20. The van der Waals surface area contributed by atoms with Crippen molar-refractivity contribution in [1.29, 1.82) is 0 Å². The smallest absolute Gasteiger partial charge is 0.217 e. The average Bonchev–Trinajstić information content (AvgIpc) is 3.15. The van der Waals surface area contributed by atoms with Crippen LogP contribution in [0.4, 0.5) is 0 Å². The van der Waals surface area contributed by atoms with Gasteiger partial charge >= 0.3 is 0 Å². The number of para-hydroxylation sites is 1. The van der Waals surface area contributed by atoms with Gasteiger partial charge in [-0.2, -0.15) is 0 Å². The first kappa shape index (κ1) is 20.1. The molecular weight excluding hydrogens is 410 g/mol. The van der Waals surface area contributed by atoms with Crippen LogP contribution < -0.4 is 4.74 Å².